The van der Waals surface area contributed by atoms with E-state index in [9.17, 15) is 4.79 Å². The van der Waals surface area contributed by atoms with Crippen LogP contribution in [-0.4, -0.2) is 50.0 Å². The van der Waals surface area contributed by atoms with Crippen LogP contribution in [0.25, 0.3) is 0 Å². The molecule has 3 rings (SSSR count). The monoisotopic (exact) mass is 561 g/mol. The van der Waals surface area contributed by atoms with Gasteiger partial charge in [0, 0.05) is 24.4 Å². The molecule has 212 valence electrons. The number of rotatable bonds is 8. The van der Waals surface area contributed by atoms with Gasteiger partial charge in [0.05, 0.1) is 18.4 Å². The van der Waals surface area contributed by atoms with Crippen LogP contribution >= 0.6 is 0 Å². The molecule has 3 atom stereocenters. The van der Waals surface area contributed by atoms with Crippen LogP contribution in [0.15, 0.2) is 29.3 Å². The van der Waals surface area contributed by atoms with E-state index in [4.69, 9.17) is 19.3 Å². The molecule has 0 unspecified atom stereocenters. The van der Waals surface area contributed by atoms with Crippen LogP contribution in [0.5, 0.6) is 0 Å². The van der Waals surface area contributed by atoms with Crippen LogP contribution < -0.4 is 16.7 Å². The molecule has 1 saturated heterocycles. The van der Waals surface area contributed by atoms with E-state index in [1.54, 1.807) is 29.1 Å². The Bertz CT molecular complexity index is 1190. The second kappa shape index (κ2) is 10.8. The Hall–Kier alpha value is -2.06. The number of hydrogen-bond donors (Lipinski definition) is 2. The van der Waals surface area contributed by atoms with Gasteiger partial charge in [-0.1, -0.05) is 41.5 Å². The Kier molecular flexibility index (Phi) is 8.70. The van der Waals surface area contributed by atoms with E-state index in [0.29, 0.717) is 30.4 Å². The van der Waals surface area contributed by atoms with Crippen molar-refractivity contribution < 1.29 is 13.6 Å². The lowest BCUT2D eigenvalue weighted by Crippen LogP contribution is -2.48. The molecule has 9 nitrogen and oxygen atoms in total. The summed E-state index contributed by atoms with van der Waals surface area (Å²) in [7, 11) is -4.09. The fraction of sp³-hybridized carbons (Fsp3) is 0.667. The summed E-state index contributed by atoms with van der Waals surface area (Å²) in [5, 5.41) is 3.26. The van der Waals surface area contributed by atoms with Crippen molar-refractivity contribution in [3.05, 3.63) is 40.6 Å². The molecular weight excluding hydrogens is 515 g/mol. The predicted molar refractivity (Wildman–Crippen MR) is 159 cm³/mol. The van der Waals surface area contributed by atoms with E-state index in [1.807, 2.05) is 6.92 Å². The maximum atomic E-state index is 13.2. The maximum Gasteiger partial charge on any atom is 0.351 e. The van der Waals surface area contributed by atoms with Gasteiger partial charge in [-0.15, -0.1) is 0 Å². The molecular formula is C27H47N5O4Si2. The zero-order chi connectivity index (χ0) is 28.7. The summed E-state index contributed by atoms with van der Waals surface area (Å²) in [6.45, 7) is 24.7. The second-order valence-electron chi connectivity index (χ2n) is 13.4. The Morgan fingerprint density at radius 1 is 1.13 bits per heavy atom. The minimum Gasteiger partial charge on any atom is -0.414 e. The van der Waals surface area contributed by atoms with E-state index >= 15 is 0 Å². The number of nitrogens with one attached hydrogen (secondary N) is 1. The van der Waals surface area contributed by atoms with Gasteiger partial charge < -0.3 is 24.6 Å². The van der Waals surface area contributed by atoms with Crippen LogP contribution in [0.1, 0.15) is 59.8 Å². The third kappa shape index (κ3) is 6.74. The Morgan fingerprint density at radius 3 is 2.34 bits per heavy atom. The minimum atomic E-state index is -2.09. The summed E-state index contributed by atoms with van der Waals surface area (Å²) in [5.74, 6) is 0.781. The number of pyridine rings is 1. The highest BCUT2D eigenvalue weighted by molar-refractivity contribution is 6.74. The molecule has 3 heterocycles. The molecule has 0 spiro atoms. The van der Waals surface area contributed by atoms with Gasteiger partial charge in [0.15, 0.2) is 16.6 Å². The van der Waals surface area contributed by atoms with Gasteiger partial charge >= 0.3 is 5.69 Å². The van der Waals surface area contributed by atoms with E-state index in [1.165, 1.54) is 0 Å². The number of anilines is 3. The fourth-order valence-electron chi connectivity index (χ4n) is 3.76. The van der Waals surface area contributed by atoms with Gasteiger partial charge in [0.2, 0.25) is 0 Å². The third-order valence-electron chi connectivity index (χ3n) is 8.38. The van der Waals surface area contributed by atoms with Crippen molar-refractivity contribution in [2.24, 2.45) is 0 Å². The molecule has 0 saturated carbocycles. The summed E-state index contributed by atoms with van der Waals surface area (Å²) in [6.07, 6.45) is 3.02. The number of aryl methyl sites for hydroxylation is 1. The molecule has 0 aliphatic carbocycles. The number of ether oxygens (including phenoxy) is 1. The number of nitrogen functional groups attached to an aromatic ring is 1. The lowest BCUT2D eigenvalue weighted by atomic mass is 10.2. The average Bonchev–Trinajstić information content (AvgIpc) is 3.16. The van der Waals surface area contributed by atoms with Crippen molar-refractivity contribution in [2.45, 2.75) is 110 Å². The zero-order valence-corrected chi connectivity index (χ0v) is 27.0. The van der Waals surface area contributed by atoms with Crippen LogP contribution in [0.3, 0.4) is 0 Å². The summed E-state index contributed by atoms with van der Waals surface area (Å²) in [5.41, 5.74) is 6.95. The number of nitrogens with zero attached hydrogens (tertiary/aromatic N) is 3. The normalized spacial score (nSPS) is 21.1. The van der Waals surface area contributed by atoms with E-state index in [-0.39, 0.29) is 22.3 Å². The zero-order valence-electron chi connectivity index (χ0n) is 25.0. The van der Waals surface area contributed by atoms with Crippen molar-refractivity contribution in [1.29, 1.82) is 0 Å². The third-order valence-corrected chi connectivity index (χ3v) is 17.4. The maximum absolute atomic E-state index is 13.2. The Labute approximate surface area is 229 Å². The highest BCUT2D eigenvalue weighted by Gasteiger charge is 2.46. The highest BCUT2D eigenvalue weighted by Crippen LogP contribution is 2.42. The topological polar surface area (TPSA) is 114 Å². The molecule has 1 aliphatic heterocycles. The summed E-state index contributed by atoms with van der Waals surface area (Å²) in [6, 6.07) is 3.57. The van der Waals surface area contributed by atoms with E-state index in [0.717, 1.165) is 5.56 Å². The largest absolute Gasteiger partial charge is 0.414 e. The van der Waals surface area contributed by atoms with Crippen molar-refractivity contribution >= 4 is 34.0 Å². The summed E-state index contributed by atoms with van der Waals surface area (Å²) < 4.78 is 21.5. The predicted octanol–water partition coefficient (Wildman–Crippen LogP) is 5.97. The first-order valence-electron chi connectivity index (χ1n) is 13.4. The molecule has 0 amide bonds. The van der Waals surface area contributed by atoms with Gasteiger partial charge in [0.1, 0.15) is 24.0 Å². The molecule has 38 heavy (non-hydrogen) atoms. The lowest BCUT2D eigenvalue weighted by molar-refractivity contribution is -0.0412. The van der Waals surface area contributed by atoms with E-state index in [2.05, 4.69) is 83.0 Å². The summed E-state index contributed by atoms with van der Waals surface area (Å²) in [4.78, 5) is 21.6. The van der Waals surface area contributed by atoms with Gasteiger partial charge in [-0.05, 0) is 55.3 Å². The van der Waals surface area contributed by atoms with Crippen LogP contribution in [0.4, 0.5) is 17.3 Å². The second-order valence-corrected chi connectivity index (χ2v) is 22.9. The quantitative estimate of drug-likeness (QED) is 0.379. The molecule has 0 bridgehead atoms. The fourth-order valence-corrected chi connectivity index (χ4v) is 6.13. The Morgan fingerprint density at radius 2 is 1.76 bits per heavy atom. The molecule has 2 aromatic heterocycles. The number of aromatic nitrogens is 3. The number of hydrogen-bond acceptors (Lipinski definition) is 8. The van der Waals surface area contributed by atoms with Crippen molar-refractivity contribution in [3.63, 3.8) is 0 Å². The van der Waals surface area contributed by atoms with Gasteiger partial charge in [-0.3, -0.25) is 4.57 Å². The van der Waals surface area contributed by atoms with Crippen molar-refractivity contribution in [3.8, 4) is 0 Å². The molecule has 1 aliphatic rings. The molecule has 2 aromatic rings. The van der Waals surface area contributed by atoms with Crippen LogP contribution in [-0.2, 0) is 13.6 Å². The van der Waals surface area contributed by atoms with Gasteiger partial charge in [-0.25, -0.2) is 9.78 Å². The number of nitrogens with two attached hydrogens (primary N) is 1. The van der Waals surface area contributed by atoms with Crippen LogP contribution in [0, 0.1) is 6.92 Å². The summed E-state index contributed by atoms with van der Waals surface area (Å²) >= 11 is 0. The molecule has 0 radical (unpaired) electrons. The van der Waals surface area contributed by atoms with Crippen molar-refractivity contribution in [1.82, 2.24) is 14.5 Å². The molecule has 0 aromatic carbocycles. The van der Waals surface area contributed by atoms with Crippen LogP contribution in [0.2, 0.25) is 36.3 Å². The first-order valence-corrected chi connectivity index (χ1v) is 19.2. The molecule has 3 N–H and O–H groups in total. The molecule has 1 fully saturated rings. The lowest BCUT2D eigenvalue weighted by Gasteiger charge is -2.40. The van der Waals surface area contributed by atoms with Gasteiger partial charge in [0.25, 0.3) is 0 Å². The first-order chi connectivity index (χ1) is 17.3. The van der Waals surface area contributed by atoms with Crippen molar-refractivity contribution in [2.75, 3.05) is 17.7 Å². The van der Waals surface area contributed by atoms with E-state index < -0.39 is 28.6 Å². The SMILES string of the molecule is Cc1cn([C@H]2C[C@H](O[Si](C)(C)C(C)(C)C)[C@@H](CO[Si](C)(C)C(C)(C)C)O2)c(=O)nc1Nc1cccnc1N. The highest BCUT2D eigenvalue weighted by atomic mass is 28.4. The minimum absolute atomic E-state index is 0.0480. The van der Waals surface area contributed by atoms with Gasteiger partial charge in [-0.2, -0.15) is 4.98 Å². The average molecular weight is 562 g/mol. The smallest absolute Gasteiger partial charge is 0.351 e. The Balaban J connectivity index is 1.88. The first kappa shape index (κ1) is 30.5. The molecule has 11 heteroatoms. The standard InChI is InChI=1S/C27H47N5O4Si2/c1-18-16-32(25(33)31-24(18)30-19-13-12-14-29-23(19)28)22-15-20(36-38(10,11)27(5,6)7)21(35-22)17-34-37(8,9)26(2,3)4/h12-14,16,20-22H,15,17H2,1-11H3,(H2,28,29)(H,30,31,33)/t20-,21+,22+/m0/s1.